The van der Waals surface area contributed by atoms with Crippen molar-refractivity contribution in [2.75, 3.05) is 5.32 Å². The largest absolute Gasteiger partial charge is 0.301 e. The lowest BCUT2D eigenvalue weighted by molar-refractivity contribution is -0.116. The van der Waals surface area contributed by atoms with Gasteiger partial charge in [0.25, 0.3) is 0 Å². The third-order valence-corrected chi connectivity index (χ3v) is 7.80. The number of carbonyl (C=O) groups is 1. The highest BCUT2D eigenvalue weighted by Gasteiger charge is 2.26. The van der Waals surface area contributed by atoms with Gasteiger partial charge in [0, 0.05) is 6.42 Å². The standard InChI is InChI=1S/C14H23N3O3S2/c1-3-10(2)22(19,20)14-17-16-13(21-14)15-12(18)9-8-11-6-4-5-7-11/h10-11H,3-9H2,1-2H3,(H,15,16,18)/t10-/m1/s1. The molecule has 8 heteroatoms. The summed E-state index contributed by atoms with van der Waals surface area (Å²) in [5.41, 5.74) is 0. The number of nitrogens with one attached hydrogen (secondary N) is 1. The van der Waals surface area contributed by atoms with Crippen LogP contribution in [-0.4, -0.2) is 29.8 Å². The summed E-state index contributed by atoms with van der Waals surface area (Å²) in [6.07, 6.45) is 6.82. The minimum absolute atomic E-state index is 0.0204. The molecule has 1 aliphatic rings. The van der Waals surface area contributed by atoms with Gasteiger partial charge in [-0.1, -0.05) is 43.9 Å². The molecule has 1 amide bonds. The Kier molecular flexibility index (Phi) is 5.91. The summed E-state index contributed by atoms with van der Waals surface area (Å²) in [7, 11) is -3.44. The quantitative estimate of drug-likeness (QED) is 0.767. The summed E-state index contributed by atoms with van der Waals surface area (Å²) >= 11 is 0.928. The number of carbonyl (C=O) groups excluding carboxylic acids is 1. The fourth-order valence-corrected chi connectivity index (χ4v) is 5.21. The van der Waals surface area contributed by atoms with Crippen molar-refractivity contribution in [3.63, 3.8) is 0 Å². The van der Waals surface area contributed by atoms with Crippen LogP contribution in [0.3, 0.4) is 0 Å². The molecule has 1 aromatic rings. The van der Waals surface area contributed by atoms with Crippen LogP contribution >= 0.6 is 11.3 Å². The molecule has 0 spiro atoms. The fraction of sp³-hybridized carbons (Fsp3) is 0.786. The molecule has 124 valence electrons. The van der Waals surface area contributed by atoms with Crippen LogP contribution in [0.25, 0.3) is 0 Å². The van der Waals surface area contributed by atoms with E-state index in [1.54, 1.807) is 6.92 Å². The topological polar surface area (TPSA) is 89.0 Å². The number of aromatic nitrogens is 2. The lowest BCUT2D eigenvalue weighted by atomic mass is 10.0. The zero-order chi connectivity index (χ0) is 16.2. The SMILES string of the molecule is CC[C@@H](C)S(=O)(=O)c1nnc(NC(=O)CCC2CCCC2)s1. The van der Waals surface area contributed by atoms with Gasteiger partial charge in [-0.2, -0.15) is 0 Å². The predicted molar refractivity (Wildman–Crippen MR) is 86.7 cm³/mol. The average molecular weight is 345 g/mol. The van der Waals surface area contributed by atoms with E-state index >= 15 is 0 Å². The Morgan fingerprint density at radius 2 is 2.05 bits per heavy atom. The Morgan fingerprint density at radius 1 is 1.36 bits per heavy atom. The average Bonchev–Trinajstić information content (AvgIpc) is 3.15. The van der Waals surface area contributed by atoms with Gasteiger partial charge in [0.2, 0.25) is 25.2 Å². The molecule has 0 saturated heterocycles. The van der Waals surface area contributed by atoms with Gasteiger partial charge >= 0.3 is 0 Å². The summed E-state index contributed by atoms with van der Waals surface area (Å²) in [6, 6.07) is 0. The third-order valence-electron chi connectivity index (χ3n) is 4.26. The van der Waals surface area contributed by atoms with E-state index in [-0.39, 0.29) is 15.4 Å². The van der Waals surface area contributed by atoms with Crippen LogP contribution in [0.15, 0.2) is 4.34 Å². The Morgan fingerprint density at radius 3 is 2.68 bits per heavy atom. The molecule has 1 fully saturated rings. The molecule has 22 heavy (non-hydrogen) atoms. The molecule has 1 heterocycles. The lowest BCUT2D eigenvalue weighted by Crippen LogP contribution is -2.16. The summed E-state index contributed by atoms with van der Waals surface area (Å²) in [4.78, 5) is 11.9. The molecule has 1 aromatic heterocycles. The number of hydrogen-bond acceptors (Lipinski definition) is 6. The molecule has 0 aromatic carbocycles. The molecule has 0 bridgehead atoms. The molecular weight excluding hydrogens is 322 g/mol. The van der Waals surface area contributed by atoms with E-state index in [2.05, 4.69) is 15.5 Å². The van der Waals surface area contributed by atoms with E-state index in [0.29, 0.717) is 18.8 Å². The van der Waals surface area contributed by atoms with E-state index in [9.17, 15) is 13.2 Å². The summed E-state index contributed by atoms with van der Waals surface area (Å²) in [5.74, 6) is 0.539. The van der Waals surface area contributed by atoms with Gasteiger partial charge in [0.1, 0.15) is 0 Å². The number of sulfone groups is 1. The van der Waals surface area contributed by atoms with Crippen molar-refractivity contribution < 1.29 is 13.2 Å². The smallest absolute Gasteiger partial charge is 0.234 e. The number of rotatable bonds is 7. The minimum Gasteiger partial charge on any atom is -0.301 e. The number of nitrogens with zero attached hydrogens (tertiary/aromatic N) is 2. The van der Waals surface area contributed by atoms with Crippen LogP contribution < -0.4 is 5.32 Å². The molecule has 0 aliphatic heterocycles. The fourth-order valence-electron chi connectivity index (χ4n) is 2.58. The molecule has 2 rings (SSSR count). The minimum atomic E-state index is -3.44. The van der Waals surface area contributed by atoms with E-state index in [0.717, 1.165) is 17.8 Å². The monoisotopic (exact) mass is 345 g/mol. The Bertz CT molecular complexity index is 607. The first-order valence-corrected chi connectivity index (χ1v) is 10.2. The van der Waals surface area contributed by atoms with Gasteiger partial charge in [-0.3, -0.25) is 4.79 Å². The van der Waals surface area contributed by atoms with Crippen LogP contribution in [0.2, 0.25) is 0 Å². The maximum atomic E-state index is 12.2. The van der Waals surface area contributed by atoms with Crippen LogP contribution in [0, 0.1) is 5.92 Å². The van der Waals surface area contributed by atoms with Crippen LogP contribution in [0.4, 0.5) is 5.13 Å². The summed E-state index contributed by atoms with van der Waals surface area (Å²) in [5, 5.41) is 9.91. The van der Waals surface area contributed by atoms with E-state index in [1.165, 1.54) is 25.7 Å². The van der Waals surface area contributed by atoms with E-state index < -0.39 is 15.1 Å². The number of anilines is 1. The number of amides is 1. The van der Waals surface area contributed by atoms with Gasteiger partial charge in [-0.25, -0.2) is 8.42 Å². The Balaban J connectivity index is 1.90. The molecule has 1 aliphatic carbocycles. The van der Waals surface area contributed by atoms with Crippen molar-refractivity contribution in [2.24, 2.45) is 5.92 Å². The normalized spacial score (nSPS) is 17.5. The van der Waals surface area contributed by atoms with Gasteiger partial charge in [-0.05, 0) is 25.7 Å². The molecule has 0 unspecified atom stereocenters. The third kappa shape index (κ3) is 4.25. The zero-order valence-electron chi connectivity index (χ0n) is 13.0. The second kappa shape index (κ2) is 7.50. The summed E-state index contributed by atoms with van der Waals surface area (Å²) in [6.45, 7) is 3.46. The number of hydrogen-bond donors (Lipinski definition) is 1. The lowest BCUT2D eigenvalue weighted by Gasteiger charge is -2.07. The first-order chi connectivity index (χ1) is 10.4. The van der Waals surface area contributed by atoms with E-state index in [1.807, 2.05) is 6.92 Å². The van der Waals surface area contributed by atoms with Gasteiger partial charge in [-0.15, -0.1) is 10.2 Å². The van der Waals surface area contributed by atoms with Crippen molar-refractivity contribution in [3.8, 4) is 0 Å². The molecular formula is C14H23N3O3S2. The van der Waals surface area contributed by atoms with Crippen molar-refractivity contribution in [1.82, 2.24) is 10.2 Å². The van der Waals surface area contributed by atoms with Crippen molar-refractivity contribution in [3.05, 3.63) is 0 Å². The van der Waals surface area contributed by atoms with Crippen LogP contribution in [0.1, 0.15) is 58.8 Å². The highest BCUT2D eigenvalue weighted by molar-refractivity contribution is 7.94. The predicted octanol–water partition coefficient (Wildman–Crippen LogP) is 3.02. The molecule has 1 atom stereocenters. The van der Waals surface area contributed by atoms with Gasteiger partial charge in [0.15, 0.2) is 0 Å². The van der Waals surface area contributed by atoms with Crippen molar-refractivity contribution >= 4 is 32.2 Å². The molecule has 0 radical (unpaired) electrons. The second-order valence-corrected chi connectivity index (χ2v) is 9.39. The molecule has 1 saturated carbocycles. The first kappa shape index (κ1) is 17.3. The summed E-state index contributed by atoms with van der Waals surface area (Å²) < 4.78 is 24.3. The maximum absolute atomic E-state index is 12.2. The van der Waals surface area contributed by atoms with Crippen molar-refractivity contribution in [2.45, 2.75) is 68.4 Å². The van der Waals surface area contributed by atoms with Crippen LogP contribution in [-0.2, 0) is 14.6 Å². The zero-order valence-corrected chi connectivity index (χ0v) is 14.7. The highest BCUT2D eigenvalue weighted by Crippen LogP contribution is 2.29. The Labute approximate surface area is 135 Å². The van der Waals surface area contributed by atoms with Gasteiger partial charge < -0.3 is 5.32 Å². The van der Waals surface area contributed by atoms with Crippen LogP contribution in [0.5, 0.6) is 0 Å². The second-order valence-electron chi connectivity index (χ2n) is 5.87. The molecule has 1 N–H and O–H groups in total. The highest BCUT2D eigenvalue weighted by atomic mass is 32.2. The van der Waals surface area contributed by atoms with E-state index in [4.69, 9.17) is 0 Å². The maximum Gasteiger partial charge on any atom is 0.234 e. The molecule has 6 nitrogen and oxygen atoms in total. The van der Waals surface area contributed by atoms with Crippen molar-refractivity contribution in [1.29, 1.82) is 0 Å². The van der Waals surface area contributed by atoms with Gasteiger partial charge in [0.05, 0.1) is 5.25 Å². The first-order valence-electron chi connectivity index (χ1n) is 7.80. The Hall–Kier alpha value is -1.02.